The summed E-state index contributed by atoms with van der Waals surface area (Å²) in [6, 6.07) is 0. The van der Waals surface area contributed by atoms with Gasteiger partial charge in [0, 0.05) is 32.8 Å². The minimum Gasteiger partial charge on any atom is -0.347 e. The van der Waals surface area contributed by atoms with Crippen LogP contribution in [0, 0.1) is 6.92 Å². The molecule has 0 unspecified atom stereocenters. The smallest absolute Gasteiger partial charge is 0.347 e. The van der Waals surface area contributed by atoms with Gasteiger partial charge < -0.3 is 9.80 Å². The van der Waals surface area contributed by atoms with Gasteiger partial charge in [0.15, 0.2) is 0 Å². The van der Waals surface area contributed by atoms with Crippen LogP contribution < -0.4 is 0 Å². The van der Waals surface area contributed by atoms with Crippen molar-refractivity contribution in [1.82, 2.24) is 19.6 Å². The van der Waals surface area contributed by atoms with Crippen LogP contribution in [0.15, 0.2) is 6.08 Å². The Hall–Kier alpha value is -2.03. The summed E-state index contributed by atoms with van der Waals surface area (Å²) in [6.07, 6.45) is -2.38. The molecule has 0 atom stereocenters. The van der Waals surface area contributed by atoms with E-state index in [4.69, 9.17) is 11.6 Å². The summed E-state index contributed by atoms with van der Waals surface area (Å²) in [5.74, 6) is -1.56. The second-order valence-electron chi connectivity index (χ2n) is 5.34. The van der Waals surface area contributed by atoms with Crippen LogP contribution in [0.3, 0.4) is 0 Å². The molecule has 1 rings (SSSR count). The van der Waals surface area contributed by atoms with Crippen molar-refractivity contribution in [3.05, 3.63) is 22.5 Å². The Labute approximate surface area is 142 Å². The van der Waals surface area contributed by atoms with Crippen LogP contribution in [-0.4, -0.2) is 64.8 Å². The van der Waals surface area contributed by atoms with Gasteiger partial charge in [-0.05, 0) is 13.0 Å². The predicted molar refractivity (Wildman–Crippen MR) is 83.3 cm³/mol. The molecule has 0 spiro atoms. The Balaban J connectivity index is 2.98. The minimum absolute atomic E-state index is 0.253. The zero-order valence-corrected chi connectivity index (χ0v) is 14.4. The van der Waals surface area contributed by atoms with Gasteiger partial charge >= 0.3 is 6.18 Å². The molecule has 1 aromatic rings. The lowest BCUT2D eigenvalue weighted by molar-refractivity contribution is -0.161. The first kappa shape index (κ1) is 20.0. The number of nitrogens with zero attached hydrogens (tertiary/aromatic N) is 4. The van der Waals surface area contributed by atoms with Crippen LogP contribution in [0.1, 0.15) is 11.3 Å². The van der Waals surface area contributed by atoms with Gasteiger partial charge in [0.05, 0.1) is 5.69 Å². The summed E-state index contributed by atoms with van der Waals surface area (Å²) in [5, 5.41) is 4.29. The van der Waals surface area contributed by atoms with E-state index in [2.05, 4.69) is 5.10 Å². The lowest BCUT2D eigenvalue weighted by atomic mass is 10.2. The number of rotatable bonds is 5. The first-order chi connectivity index (χ1) is 10.9. The first-order valence-electron chi connectivity index (χ1n) is 6.85. The number of amides is 2. The molecule has 0 fully saturated rings. The lowest BCUT2D eigenvalue weighted by Crippen LogP contribution is -2.44. The Morgan fingerprint density at radius 1 is 1.33 bits per heavy atom. The van der Waals surface area contributed by atoms with Crippen molar-refractivity contribution in [2.75, 3.05) is 27.2 Å². The third-order valence-corrected chi connectivity index (χ3v) is 3.54. The average molecular weight is 367 g/mol. The molecule has 0 radical (unpaired) electrons. The van der Waals surface area contributed by atoms with Crippen LogP contribution in [0.25, 0.3) is 6.08 Å². The summed E-state index contributed by atoms with van der Waals surface area (Å²) in [7, 11) is 4.39. The topological polar surface area (TPSA) is 58.4 Å². The number of carbonyl (C=O) groups excluding carboxylic acids is 2. The van der Waals surface area contributed by atoms with Crippen molar-refractivity contribution in [3.63, 3.8) is 0 Å². The third kappa shape index (κ3) is 5.55. The second-order valence-corrected chi connectivity index (χ2v) is 5.70. The number of alkyl halides is 3. The predicted octanol–water partition coefficient (Wildman–Crippen LogP) is 1.87. The highest BCUT2D eigenvalue weighted by molar-refractivity contribution is 6.31. The molecule has 0 N–H and O–H groups in total. The van der Waals surface area contributed by atoms with E-state index < -0.39 is 31.1 Å². The van der Waals surface area contributed by atoms with E-state index in [0.717, 1.165) is 11.0 Å². The van der Waals surface area contributed by atoms with Gasteiger partial charge in [-0.1, -0.05) is 11.6 Å². The molecule has 0 aliphatic rings. The Morgan fingerprint density at radius 3 is 2.33 bits per heavy atom. The molecule has 0 aliphatic heterocycles. The Morgan fingerprint density at radius 2 is 1.92 bits per heavy atom. The molecule has 0 saturated heterocycles. The molecule has 24 heavy (non-hydrogen) atoms. The van der Waals surface area contributed by atoms with Crippen molar-refractivity contribution in [3.8, 4) is 0 Å². The fourth-order valence-electron chi connectivity index (χ4n) is 1.83. The van der Waals surface area contributed by atoms with Crippen molar-refractivity contribution in [2.24, 2.45) is 7.05 Å². The zero-order chi connectivity index (χ0) is 18.7. The molecule has 134 valence electrons. The number of hydrogen-bond acceptors (Lipinski definition) is 3. The number of hydrogen-bond donors (Lipinski definition) is 0. The highest BCUT2D eigenvalue weighted by atomic mass is 35.5. The molecule has 10 heteroatoms. The van der Waals surface area contributed by atoms with Gasteiger partial charge in [-0.15, -0.1) is 0 Å². The molecule has 0 bridgehead atoms. The van der Waals surface area contributed by atoms with E-state index in [1.165, 1.54) is 24.9 Å². The van der Waals surface area contributed by atoms with Crippen LogP contribution in [0.2, 0.25) is 5.15 Å². The maximum absolute atomic E-state index is 12.6. The highest BCUT2D eigenvalue weighted by Crippen LogP contribution is 2.21. The average Bonchev–Trinajstić information content (AvgIpc) is 2.67. The van der Waals surface area contributed by atoms with E-state index in [0.29, 0.717) is 16.2 Å². The first-order valence-corrected chi connectivity index (χ1v) is 7.23. The Bertz CT molecular complexity index is 653. The van der Waals surface area contributed by atoms with Crippen LogP contribution in [0.4, 0.5) is 13.2 Å². The summed E-state index contributed by atoms with van der Waals surface area (Å²) in [5.41, 5.74) is 0.955. The molecule has 1 aromatic heterocycles. The molecule has 0 saturated carbocycles. The zero-order valence-electron chi connectivity index (χ0n) is 13.7. The van der Waals surface area contributed by atoms with Crippen LogP contribution in [0.5, 0.6) is 0 Å². The van der Waals surface area contributed by atoms with Gasteiger partial charge in [0.25, 0.3) is 0 Å². The van der Waals surface area contributed by atoms with E-state index in [-0.39, 0.29) is 5.15 Å². The quantitative estimate of drug-likeness (QED) is 0.748. The van der Waals surface area contributed by atoms with Crippen molar-refractivity contribution >= 4 is 29.5 Å². The summed E-state index contributed by atoms with van der Waals surface area (Å²) in [6.45, 7) is -0.538. The van der Waals surface area contributed by atoms with E-state index in [1.807, 2.05) is 0 Å². The maximum Gasteiger partial charge on any atom is 0.406 e. The standard InChI is InChI=1S/C14H18ClF3N4O2/c1-9-10(13(15)21(4)19-9)5-6-11(23)22(8-14(16,17)18)7-12(24)20(2)3/h5-6H,7-8H2,1-4H3. The highest BCUT2D eigenvalue weighted by Gasteiger charge is 2.33. The monoisotopic (exact) mass is 366 g/mol. The number of likely N-dealkylation sites (N-methyl/N-ethyl adjacent to an activating group) is 1. The molecule has 0 aromatic carbocycles. The normalized spacial score (nSPS) is 11.8. The lowest BCUT2D eigenvalue weighted by Gasteiger charge is -2.23. The third-order valence-electron chi connectivity index (χ3n) is 3.10. The summed E-state index contributed by atoms with van der Waals surface area (Å²) < 4.78 is 39.3. The van der Waals surface area contributed by atoms with Crippen LogP contribution >= 0.6 is 11.6 Å². The van der Waals surface area contributed by atoms with E-state index in [1.54, 1.807) is 14.0 Å². The SMILES string of the molecule is Cc1nn(C)c(Cl)c1C=CC(=O)N(CC(=O)N(C)C)CC(F)(F)F. The van der Waals surface area contributed by atoms with Crippen molar-refractivity contribution in [1.29, 1.82) is 0 Å². The van der Waals surface area contributed by atoms with Crippen LogP contribution in [-0.2, 0) is 16.6 Å². The van der Waals surface area contributed by atoms with Crippen molar-refractivity contribution < 1.29 is 22.8 Å². The number of aryl methyl sites for hydroxylation is 2. The fourth-order valence-corrected chi connectivity index (χ4v) is 2.07. The molecule has 1 heterocycles. The van der Waals surface area contributed by atoms with E-state index in [9.17, 15) is 22.8 Å². The fraction of sp³-hybridized carbons (Fsp3) is 0.500. The maximum atomic E-state index is 12.6. The van der Waals surface area contributed by atoms with E-state index >= 15 is 0 Å². The summed E-state index contributed by atoms with van der Waals surface area (Å²) in [4.78, 5) is 25.3. The van der Waals surface area contributed by atoms with Gasteiger partial charge in [-0.3, -0.25) is 14.3 Å². The Kier molecular flexibility index (Phi) is 6.42. The van der Waals surface area contributed by atoms with Gasteiger partial charge in [-0.25, -0.2) is 0 Å². The molecule has 6 nitrogen and oxygen atoms in total. The summed E-state index contributed by atoms with van der Waals surface area (Å²) >= 11 is 5.99. The second kappa shape index (κ2) is 7.69. The van der Waals surface area contributed by atoms with Gasteiger partial charge in [-0.2, -0.15) is 18.3 Å². The largest absolute Gasteiger partial charge is 0.406 e. The molecular formula is C14H18ClF3N4O2. The number of carbonyl (C=O) groups is 2. The van der Waals surface area contributed by atoms with Gasteiger partial charge in [0.2, 0.25) is 11.8 Å². The molecular weight excluding hydrogens is 349 g/mol. The molecule has 0 aliphatic carbocycles. The number of halogens is 4. The number of aromatic nitrogens is 2. The molecule has 2 amide bonds. The van der Waals surface area contributed by atoms with Gasteiger partial charge in [0.1, 0.15) is 18.2 Å². The van der Waals surface area contributed by atoms with Crippen molar-refractivity contribution in [2.45, 2.75) is 13.1 Å². The minimum atomic E-state index is -4.61.